The summed E-state index contributed by atoms with van der Waals surface area (Å²) in [4.78, 5) is 21.0. The van der Waals surface area contributed by atoms with Crippen molar-refractivity contribution in [1.82, 2.24) is 14.8 Å². The number of halogens is 2. The smallest absolute Gasteiger partial charge is 0.255 e. The van der Waals surface area contributed by atoms with Gasteiger partial charge >= 0.3 is 0 Å². The minimum Gasteiger partial charge on any atom is -0.384 e. The molecule has 1 aliphatic heterocycles. The van der Waals surface area contributed by atoms with Crippen LogP contribution in [0.5, 0.6) is 0 Å². The lowest BCUT2D eigenvalue weighted by Gasteiger charge is -2.32. The zero-order valence-electron chi connectivity index (χ0n) is 14.7. The molecule has 0 unspecified atom stereocenters. The largest absolute Gasteiger partial charge is 0.384 e. The highest BCUT2D eigenvalue weighted by molar-refractivity contribution is 6.04. The van der Waals surface area contributed by atoms with Gasteiger partial charge in [-0.05, 0) is 36.9 Å². The highest BCUT2D eigenvalue weighted by Crippen LogP contribution is 2.12. The highest BCUT2D eigenvalue weighted by Gasteiger charge is 2.14. The van der Waals surface area contributed by atoms with E-state index in [0.29, 0.717) is 17.1 Å². The van der Waals surface area contributed by atoms with E-state index in [9.17, 15) is 4.79 Å². The molecular weight excluding hydrogens is 373 g/mol. The van der Waals surface area contributed by atoms with E-state index in [4.69, 9.17) is 5.73 Å². The first-order valence-electron chi connectivity index (χ1n) is 8.13. The monoisotopic (exact) mass is 397 g/mol. The predicted octanol–water partition coefficient (Wildman–Crippen LogP) is 2.51. The molecule has 142 valence electrons. The first kappa shape index (κ1) is 22.2. The van der Waals surface area contributed by atoms with Crippen molar-refractivity contribution in [3.8, 4) is 0 Å². The van der Waals surface area contributed by atoms with E-state index in [1.165, 1.54) is 5.56 Å². The molecule has 0 saturated carbocycles. The number of amides is 1. The first-order chi connectivity index (χ1) is 11.6. The van der Waals surface area contributed by atoms with Gasteiger partial charge in [-0.25, -0.2) is 4.98 Å². The maximum absolute atomic E-state index is 12.3. The Morgan fingerprint density at radius 2 is 1.73 bits per heavy atom. The van der Waals surface area contributed by atoms with Crippen molar-refractivity contribution in [2.24, 2.45) is 0 Å². The van der Waals surface area contributed by atoms with Crippen LogP contribution in [-0.2, 0) is 6.54 Å². The van der Waals surface area contributed by atoms with Gasteiger partial charge < -0.3 is 16.0 Å². The van der Waals surface area contributed by atoms with Crippen LogP contribution < -0.4 is 11.1 Å². The minimum absolute atomic E-state index is 0. The van der Waals surface area contributed by atoms with E-state index in [1.807, 2.05) is 24.3 Å². The van der Waals surface area contributed by atoms with Gasteiger partial charge in [0, 0.05) is 38.3 Å². The molecule has 1 aliphatic rings. The van der Waals surface area contributed by atoms with E-state index in [-0.39, 0.29) is 30.7 Å². The normalized spacial score (nSPS) is 14.8. The van der Waals surface area contributed by atoms with Gasteiger partial charge in [-0.3, -0.25) is 9.69 Å². The number of nitrogens with two attached hydrogens (primary N) is 1. The molecule has 8 heteroatoms. The Balaban J connectivity index is 0.00000169. The summed E-state index contributed by atoms with van der Waals surface area (Å²) < 4.78 is 0. The summed E-state index contributed by atoms with van der Waals surface area (Å²) in [5.74, 6) is 0.286. The lowest BCUT2D eigenvalue weighted by Crippen LogP contribution is -2.43. The molecule has 0 bridgehead atoms. The molecule has 3 rings (SSSR count). The molecule has 2 heterocycles. The second-order valence-electron chi connectivity index (χ2n) is 6.20. The van der Waals surface area contributed by atoms with Gasteiger partial charge in [-0.15, -0.1) is 24.8 Å². The van der Waals surface area contributed by atoms with Gasteiger partial charge in [0.05, 0.1) is 11.9 Å². The molecular formula is C18H25Cl2N5O. The summed E-state index contributed by atoms with van der Waals surface area (Å²) in [6.45, 7) is 5.32. The lowest BCUT2D eigenvalue weighted by atomic mass is 10.1. The fourth-order valence-corrected chi connectivity index (χ4v) is 2.71. The molecule has 0 atom stereocenters. The number of carbonyl (C=O) groups is 1. The molecule has 1 amide bonds. The molecule has 2 aromatic rings. The molecule has 1 aromatic carbocycles. The Kier molecular flexibility index (Phi) is 8.81. The van der Waals surface area contributed by atoms with Crippen LogP contribution in [0.2, 0.25) is 0 Å². The van der Waals surface area contributed by atoms with Crippen LogP contribution in [0.3, 0.4) is 0 Å². The van der Waals surface area contributed by atoms with Crippen molar-refractivity contribution in [3.05, 3.63) is 53.7 Å². The van der Waals surface area contributed by atoms with Gasteiger partial charge in [-0.1, -0.05) is 12.1 Å². The fourth-order valence-electron chi connectivity index (χ4n) is 2.71. The summed E-state index contributed by atoms with van der Waals surface area (Å²) in [6, 6.07) is 11.2. The Morgan fingerprint density at radius 3 is 2.31 bits per heavy atom. The Morgan fingerprint density at radius 1 is 1.08 bits per heavy atom. The number of benzene rings is 1. The molecule has 26 heavy (non-hydrogen) atoms. The van der Waals surface area contributed by atoms with Crippen molar-refractivity contribution >= 4 is 42.2 Å². The second-order valence-corrected chi connectivity index (χ2v) is 6.20. The van der Waals surface area contributed by atoms with Crippen molar-refractivity contribution in [3.63, 3.8) is 0 Å². The summed E-state index contributed by atoms with van der Waals surface area (Å²) in [5.41, 5.74) is 8.03. The number of anilines is 2. The van der Waals surface area contributed by atoms with E-state index < -0.39 is 0 Å². The van der Waals surface area contributed by atoms with Crippen molar-refractivity contribution in [2.75, 3.05) is 44.3 Å². The van der Waals surface area contributed by atoms with E-state index in [0.717, 1.165) is 32.7 Å². The van der Waals surface area contributed by atoms with Crippen LogP contribution in [0.15, 0.2) is 42.6 Å². The van der Waals surface area contributed by atoms with Crippen molar-refractivity contribution in [1.29, 1.82) is 0 Å². The number of nitrogen functional groups attached to an aromatic ring is 1. The molecule has 0 spiro atoms. The molecule has 6 nitrogen and oxygen atoms in total. The number of rotatable bonds is 4. The first-order valence-corrected chi connectivity index (χ1v) is 8.13. The van der Waals surface area contributed by atoms with Crippen LogP contribution >= 0.6 is 24.8 Å². The SMILES string of the molecule is CN1CCN(Cc2ccc(C(=O)Nc3ccc(N)nc3)cc2)CC1.Cl.Cl. The molecule has 1 saturated heterocycles. The third-order valence-electron chi connectivity index (χ3n) is 4.26. The number of nitrogens with one attached hydrogen (secondary N) is 1. The molecule has 3 N–H and O–H groups in total. The highest BCUT2D eigenvalue weighted by atomic mass is 35.5. The maximum Gasteiger partial charge on any atom is 0.255 e. The Labute approximate surface area is 166 Å². The summed E-state index contributed by atoms with van der Waals surface area (Å²) in [5, 5.41) is 2.82. The maximum atomic E-state index is 12.3. The Hall–Kier alpha value is -1.86. The van der Waals surface area contributed by atoms with Gasteiger partial charge in [0.15, 0.2) is 0 Å². The van der Waals surface area contributed by atoms with Crippen molar-refractivity contribution < 1.29 is 4.79 Å². The third-order valence-corrected chi connectivity index (χ3v) is 4.26. The fraction of sp³-hybridized carbons (Fsp3) is 0.333. The lowest BCUT2D eigenvalue weighted by molar-refractivity contribution is 0.102. The van der Waals surface area contributed by atoms with E-state index >= 15 is 0 Å². The number of hydrogen-bond acceptors (Lipinski definition) is 5. The predicted molar refractivity (Wildman–Crippen MR) is 110 cm³/mol. The molecule has 1 fully saturated rings. The number of aromatic nitrogens is 1. The Bertz CT molecular complexity index is 686. The summed E-state index contributed by atoms with van der Waals surface area (Å²) >= 11 is 0. The minimum atomic E-state index is -0.146. The molecule has 1 aromatic heterocycles. The third kappa shape index (κ3) is 6.14. The number of nitrogens with zero attached hydrogens (tertiary/aromatic N) is 3. The van der Waals surface area contributed by atoms with Gasteiger partial charge in [0.2, 0.25) is 0 Å². The average Bonchev–Trinajstić information content (AvgIpc) is 2.59. The average molecular weight is 398 g/mol. The van der Waals surface area contributed by atoms with Crippen LogP contribution in [0.25, 0.3) is 0 Å². The van der Waals surface area contributed by atoms with Crippen LogP contribution in [0.4, 0.5) is 11.5 Å². The standard InChI is InChI=1S/C18H23N5O.2ClH/c1-22-8-10-23(11-9-22)13-14-2-4-15(5-3-14)18(24)21-16-6-7-17(19)20-12-16;;/h2-7,12H,8-11,13H2,1H3,(H2,19,20)(H,21,24);2*1H. The van der Waals surface area contributed by atoms with Crippen LogP contribution in [-0.4, -0.2) is 53.9 Å². The zero-order valence-corrected chi connectivity index (χ0v) is 16.4. The van der Waals surface area contributed by atoms with E-state index in [2.05, 4.69) is 27.1 Å². The van der Waals surface area contributed by atoms with Gasteiger partial charge in [0.25, 0.3) is 5.91 Å². The number of likely N-dealkylation sites (N-methyl/N-ethyl adjacent to an activating group) is 1. The zero-order chi connectivity index (χ0) is 16.9. The number of piperazine rings is 1. The van der Waals surface area contributed by atoms with E-state index in [1.54, 1.807) is 18.3 Å². The second kappa shape index (κ2) is 10.3. The van der Waals surface area contributed by atoms with Gasteiger partial charge in [0.1, 0.15) is 5.82 Å². The molecule has 0 radical (unpaired) electrons. The number of pyridine rings is 1. The summed E-state index contributed by atoms with van der Waals surface area (Å²) in [6.07, 6.45) is 1.55. The van der Waals surface area contributed by atoms with Crippen LogP contribution in [0, 0.1) is 0 Å². The quantitative estimate of drug-likeness (QED) is 0.828. The molecule has 0 aliphatic carbocycles. The number of hydrogen-bond donors (Lipinski definition) is 2. The van der Waals surface area contributed by atoms with Crippen molar-refractivity contribution in [2.45, 2.75) is 6.54 Å². The van der Waals surface area contributed by atoms with Gasteiger partial charge in [-0.2, -0.15) is 0 Å². The summed E-state index contributed by atoms with van der Waals surface area (Å²) in [7, 11) is 2.15. The van der Waals surface area contributed by atoms with Crippen LogP contribution in [0.1, 0.15) is 15.9 Å². The number of carbonyl (C=O) groups excluding carboxylic acids is 1. The topological polar surface area (TPSA) is 74.5 Å².